The van der Waals surface area contributed by atoms with Crippen LogP contribution in [0.25, 0.3) is 32.8 Å². The van der Waals surface area contributed by atoms with Crippen LogP contribution >= 0.6 is 0 Å². The molecule has 2 aromatic carbocycles. The summed E-state index contributed by atoms with van der Waals surface area (Å²) < 4.78 is 11.3. The summed E-state index contributed by atoms with van der Waals surface area (Å²) >= 11 is 0. The van der Waals surface area contributed by atoms with Gasteiger partial charge in [0.05, 0.1) is 0 Å². The number of amides is 1. The van der Waals surface area contributed by atoms with Gasteiger partial charge in [0.1, 0.15) is 28.7 Å². The normalized spacial score (nSPS) is 12.4. The second kappa shape index (κ2) is 9.16. The molecule has 4 N–H and O–H groups in total. The first kappa shape index (κ1) is 24.2. The molecule has 0 aliphatic rings. The van der Waals surface area contributed by atoms with E-state index in [-0.39, 0.29) is 25.0 Å². The molecule has 1 unspecified atom stereocenters. The Morgan fingerprint density at radius 1 is 1.00 bits per heavy atom. The van der Waals surface area contributed by atoms with E-state index in [1.54, 1.807) is 24.4 Å². The van der Waals surface area contributed by atoms with Crippen molar-refractivity contribution in [1.82, 2.24) is 10.3 Å². The molecule has 1 atom stereocenters. The molecule has 0 spiro atoms. The summed E-state index contributed by atoms with van der Waals surface area (Å²) in [6.07, 6.45) is 1.71. The number of carbonyl (C=O) groups is 2. The van der Waals surface area contributed by atoms with E-state index in [1.165, 1.54) is 6.07 Å². The largest absolute Gasteiger partial charge is 0.508 e. The molecule has 1 amide bonds. The Morgan fingerprint density at radius 3 is 2.49 bits per heavy atom. The first-order valence-electron chi connectivity index (χ1n) is 11.9. The third-order valence-corrected chi connectivity index (χ3v) is 6.99. The van der Waals surface area contributed by atoms with Crippen molar-refractivity contribution in [3.8, 4) is 5.75 Å². The van der Waals surface area contributed by atoms with E-state index in [2.05, 4.69) is 10.3 Å². The molecule has 0 saturated heterocycles. The van der Waals surface area contributed by atoms with Gasteiger partial charge in [0.25, 0.3) is 0 Å². The molecule has 0 saturated carbocycles. The van der Waals surface area contributed by atoms with Gasteiger partial charge in [-0.1, -0.05) is 0 Å². The lowest BCUT2D eigenvalue weighted by atomic mass is 10.00. The zero-order valence-electron chi connectivity index (χ0n) is 20.6. The lowest BCUT2D eigenvalue weighted by molar-refractivity contribution is -0.141. The molecule has 0 aliphatic carbocycles. The van der Waals surface area contributed by atoms with Crippen LogP contribution in [0.1, 0.15) is 34.4 Å². The number of fused-ring (bicyclic) bond motifs is 3. The molecule has 37 heavy (non-hydrogen) atoms. The van der Waals surface area contributed by atoms with Crippen molar-refractivity contribution >= 4 is 44.7 Å². The van der Waals surface area contributed by atoms with E-state index in [1.807, 2.05) is 26.8 Å². The number of hydrogen-bond donors (Lipinski definition) is 4. The maximum Gasteiger partial charge on any atom is 0.339 e. The highest BCUT2D eigenvalue weighted by molar-refractivity contribution is 5.97. The molecule has 9 nitrogen and oxygen atoms in total. The summed E-state index contributed by atoms with van der Waals surface area (Å²) in [6.45, 7) is 5.65. The third-order valence-electron chi connectivity index (χ3n) is 6.99. The minimum atomic E-state index is -1.18. The van der Waals surface area contributed by atoms with E-state index < -0.39 is 23.5 Å². The van der Waals surface area contributed by atoms with E-state index >= 15 is 0 Å². The van der Waals surface area contributed by atoms with Gasteiger partial charge in [-0.3, -0.25) is 4.79 Å². The van der Waals surface area contributed by atoms with Crippen LogP contribution in [-0.4, -0.2) is 33.1 Å². The van der Waals surface area contributed by atoms with Gasteiger partial charge in [0, 0.05) is 52.3 Å². The van der Waals surface area contributed by atoms with Gasteiger partial charge < -0.3 is 29.3 Å². The van der Waals surface area contributed by atoms with Crippen LogP contribution in [0, 0.1) is 20.8 Å². The Kier molecular flexibility index (Phi) is 5.99. The van der Waals surface area contributed by atoms with Crippen LogP contribution in [0.3, 0.4) is 0 Å². The number of H-pyrrole nitrogens is 1. The maximum atomic E-state index is 12.7. The predicted molar refractivity (Wildman–Crippen MR) is 138 cm³/mol. The zero-order valence-corrected chi connectivity index (χ0v) is 20.6. The number of aromatic nitrogens is 1. The molecule has 9 heteroatoms. The number of rotatable bonds is 7. The number of aliphatic carboxylic acids is 1. The number of furan rings is 1. The van der Waals surface area contributed by atoms with Gasteiger partial charge in [-0.05, 0) is 68.1 Å². The van der Waals surface area contributed by atoms with Crippen molar-refractivity contribution in [2.75, 3.05) is 0 Å². The Morgan fingerprint density at radius 2 is 1.73 bits per heavy atom. The summed E-state index contributed by atoms with van der Waals surface area (Å²) in [5.74, 6) is -0.822. The highest BCUT2D eigenvalue weighted by Gasteiger charge is 2.23. The molecule has 3 heterocycles. The highest BCUT2D eigenvalue weighted by Crippen LogP contribution is 2.31. The Balaban J connectivity index is 1.34. The lowest BCUT2D eigenvalue weighted by Gasteiger charge is -2.15. The smallest absolute Gasteiger partial charge is 0.339 e. The summed E-state index contributed by atoms with van der Waals surface area (Å²) in [6, 6.07) is 7.23. The van der Waals surface area contributed by atoms with E-state index in [0.29, 0.717) is 33.2 Å². The van der Waals surface area contributed by atoms with Crippen molar-refractivity contribution in [2.45, 2.75) is 46.1 Å². The predicted octanol–water partition coefficient (Wildman–Crippen LogP) is 4.40. The summed E-state index contributed by atoms with van der Waals surface area (Å²) in [5, 5.41) is 24.4. The fourth-order valence-corrected chi connectivity index (χ4v) is 4.77. The van der Waals surface area contributed by atoms with Crippen molar-refractivity contribution in [3.05, 3.63) is 75.0 Å². The van der Waals surface area contributed by atoms with Gasteiger partial charge in [0.15, 0.2) is 0 Å². The van der Waals surface area contributed by atoms with Gasteiger partial charge in [-0.2, -0.15) is 0 Å². The molecule has 0 radical (unpaired) electrons. The Labute approximate surface area is 210 Å². The first-order chi connectivity index (χ1) is 17.6. The lowest BCUT2D eigenvalue weighted by Crippen LogP contribution is -2.42. The van der Waals surface area contributed by atoms with E-state index in [4.69, 9.17) is 8.83 Å². The van der Waals surface area contributed by atoms with Gasteiger partial charge >= 0.3 is 11.6 Å². The molecule has 0 bridgehead atoms. The fourth-order valence-electron chi connectivity index (χ4n) is 4.77. The van der Waals surface area contributed by atoms with Crippen molar-refractivity contribution in [2.24, 2.45) is 0 Å². The molecule has 0 fully saturated rings. The highest BCUT2D eigenvalue weighted by atomic mass is 16.4. The number of aryl methyl sites for hydroxylation is 3. The number of carboxylic acids is 1. The second-order valence-corrected chi connectivity index (χ2v) is 9.33. The van der Waals surface area contributed by atoms with Crippen LogP contribution in [-0.2, 0) is 22.4 Å². The third kappa shape index (κ3) is 4.44. The first-order valence-corrected chi connectivity index (χ1v) is 11.9. The number of aromatic amines is 1. The van der Waals surface area contributed by atoms with Crippen molar-refractivity contribution in [1.29, 1.82) is 0 Å². The van der Waals surface area contributed by atoms with Crippen molar-refractivity contribution < 1.29 is 28.6 Å². The maximum absolute atomic E-state index is 12.7. The number of phenolic OH excluding ortho intramolecular Hbond substituents is 1. The van der Waals surface area contributed by atoms with Crippen LogP contribution < -0.4 is 10.9 Å². The molecule has 5 rings (SSSR count). The standard InChI is InChI=1S/C28H26N2O7/c1-13-15(3)36-24-11-25-20(10-19(13)24)14(2)18(28(35)37-25)5-7-26(32)30-23(27(33)34)8-16-12-29-22-6-4-17(31)9-21(16)22/h4,6,9-12,23,29,31H,5,7-8H2,1-3H3,(H,30,32)(H,33,34). The van der Waals surface area contributed by atoms with Crippen LogP contribution in [0.4, 0.5) is 0 Å². The number of carboxylic acid groups (broad SMARTS) is 1. The molecule has 3 aromatic heterocycles. The fraction of sp³-hybridized carbons (Fsp3) is 0.250. The minimum Gasteiger partial charge on any atom is -0.508 e. The number of carbonyl (C=O) groups excluding carboxylic acids is 1. The van der Waals surface area contributed by atoms with E-state index in [9.17, 15) is 24.6 Å². The van der Waals surface area contributed by atoms with Gasteiger partial charge in [-0.25, -0.2) is 9.59 Å². The summed E-state index contributed by atoms with van der Waals surface area (Å²) in [5.41, 5.74) is 4.01. The molecular formula is C28H26N2O7. The van der Waals surface area contributed by atoms with Gasteiger partial charge in [-0.15, -0.1) is 0 Å². The van der Waals surface area contributed by atoms with E-state index in [0.717, 1.165) is 27.6 Å². The summed E-state index contributed by atoms with van der Waals surface area (Å²) in [7, 11) is 0. The van der Waals surface area contributed by atoms with Crippen LogP contribution in [0.15, 0.2) is 50.2 Å². The average molecular weight is 503 g/mol. The number of nitrogens with one attached hydrogen (secondary N) is 2. The number of phenols is 1. The van der Waals surface area contributed by atoms with Gasteiger partial charge in [0.2, 0.25) is 5.91 Å². The second-order valence-electron chi connectivity index (χ2n) is 9.33. The number of benzene rings is 2. The molecule has 0 aliphatic heterocycles. The molecule has 5 aromatic rings. The SMILES string of the molecule is Cc1oc2cc3oc(=O)c(CCC(=O)NC(Cc4c[nH]c5ccc(O)cc45)C(=O)O)c(C)c3cc2c1C. The topological polar surface area (TPSA) is 146 Å². The number of aromatic hydroxyl groups is 1. The number of hydrogen-bond acceptors (Lipinski definition) is 6. The molecule has 190 valence electrons. The van der Waals surface area contributed by atoms with Crippen LogP contribution in [0.2, 0.25) is 0 Å². The minimum absolute atomic E-state index is 0.0289. The van der Waals surface area contributed by atoms with Crippen LogP contribution in [0.5, 0.6) is 5.75 Å². The summed E-state index contributed by atoms with van der Waals surface area (Å²) in [4.78, 5) is 40.4. The average Bonchev–Trinajstić information content (AvgIpc) is 3.36. The Hall–Kier alpha value is -4.53. The van der Waals surface area contributed by atoms with Crippen molar-refractivity contribution in [3.63, 3.8) is 0 Å². The quantitative estimate of drug-likeness (QED) is 0.241. The Bertz CT molecular complexity index is 1760. The zero-order chi connectivity index (χ0) is 26.4. The monoisotopic (exact) mass is 502 g/mol. The molecular weight excluding hydrogens is 476 g/mol.